The van der Waals surface area contributed by atoms with Gasteiger partial charge in [0.2, 0.25) is 0 Å². The highest BCUT2D eigenvalue weighted by molar-refractivity contribution is 5.59. The molecule has 3 rings (SSSR count). The monoisotopic (exact) mass is 359 g/mol. The van der Waals surface area contributed by atoms with Crippen molar-refractivity contribution in [3.05, 3.63) is 52.7 Å². The van der Waals surface area contributed by atoms with Crippen molar-refractivity contribution in [3.8, 4) is 24.0 Å². The zero-order valence-electron chi connectivity index (χ0n) is 15.4. The third kappa shape index (κ3) is 2.83. The van der Waals surface area contributed by atoms with E-state index in [-0.39, 0.29) is 17.2 Å². The van der Waals surface area contributed by atoms with Crippen LogP contribution in [-0.4, -0.2) is 31.6 Å². The second-order valence-electron chi connectivity index (χ2n) is 6.90. The Balaban J connectivity index is 2.23. The number of likely N-dealkylation sites (N-methyl/N-ethyl adjacent to an activating group) is 1. The fourth-order valence-corrected chi connectivity index (χ4v) is 4.14. The van der Waals surface area contributed by atoms with Gasteiger partial charge in [0, 0.05) is 24.9 Å². The smallest absolute Gasteiger partial charge is 0.191 e. The van der Waals surface area contributed by atoms with E-state index in [1.807, 2.05) is 44.3 Å². The van der Waals surface area contributed by atoms with Crippen molar-refractivity contribution in [2.24, 2.45) is 17.1 Å². The van der Waals surface area contributed by atoms with E-state index in [1.54, 1.807) is 0 Å². The van der Waals surface area contributed by atoms with Crippen molar-refractivity contribution >= 4 is 0 Å². The highest BCUT2D eigenvalue weighted by Crippen LogP contribution is 2.54. The minimum atomic E-state index is -1.58. The first kappa shape index (κ1) is 18.5. The lowest BCUT2D eigenvalue weighted by molar-refractivity contribution is 0.237. The number of hydrogen-bond donors (Lipinski definition) is 1. The van der Waals surface area contributed by atoms with E-state index in [0.29, 0.717) is 19.7 Å². The predicted octanol–water partition coefficient (Wildman–Crippen LogP) is 2.44. The molecular weight excluding hydrogens is 338 g/mol. The first-order valence-electron chi connectivity index (χ1n) is 8.86. The summed E-state index contributed by atoms with van der Waals surface area (Å²) in [6.45, 7) is 3.82. The lowest BCUT2D eigenvalue weighted by Crippen LogP contribution is -2.47. The lowest BCUT2D eigenvalue weighted by Gasteiger charge is -2.45. The van der Waals surface area contributed by atoms with Crippen LogP contribution < -0.4 is 10.5 Å². The highest BCUT2D eigenvalue weighted by Gasteiger charge is 2.54. The van der Waals surface area contributed by atoms with Crippen LogP contribution in [0.25, 0.3) is 0 Å². The van der Waals surface area contributed by atoms with Crippen LogP contribution in [0.5, 0.6) is 5.75 Å². The summed E-state index contributed by atoms with van der Waals surface area (Å²) in [6, 6.07) is 13.9. The van der Waals surface area contributed by atoms with Gasteiger partial charge in [0.15, 0.2) is 5.41 Å². The van der Waals surface area contributed by atoms with Crippen molar-refractivity contribution in [3.63, 3.8) is 0 Å². The number of allylic oxidation sites excluding steroid dienone is 2. The van der Waals surface area contributed by atoms with E-state index in [4.69, 9.17) is 10.5 Å². The van der Waals surface area contributed by atoms with Crippen LogP contribution >= 0.6 is 0 Å². The Hall–Kier alpha value is -3.27. The number of ether oxygens (including phenoxy) is 1. The lowest BCUT2D eigenvalue weighted by atomic mass is 9.58. The molecule has 0 saturated carbocycles. The zero-order valence-corrected chi connectivity index (χ0v) is 15.4. The third-order valence-corrected chi connectivity index (χ3v) is 5.40. The molecule has 136 valence electrons. The number of hydrogen-bond acceptors (Lipinski definition) is 6. The number of nitrogens with two attached hydrogens (primary N) is 1. The maximum Gasteiger partial charge on any atom is 0.191 e. The second kappa shape index (κ2) is 7.16. The number of rotatable bonds is 3. The molecule has 0 radical (unpaired) electrons. The topological polar surface area (TPSA) is 110 Å². The molecule has 0 amide bonds. The first-order valence-corrected chi connectivity index (χ1v) is 8.86. The fourth-order valence-electron chi connectivity index (χ4n) is 4.14. The van der Waals surface area contributed by atoms with E-state index < -0.39 is 11.3 Å². The molecule has 6 heteroatoms. The maximum atomic E-state index is 10.00. The van der Waals surface area contributed by atoms with Crippen LogP contribution in [0.3, 0.4) is 0 Å². The van der Waals surface area contributed by atoms with Gasteiger partial charge >= 0.3 is 0 Å². The summed E-state index contributed by atoms with van der Waals surface area (Å²) >= 11 is 0. The van der Waals surface area contributed by atoms with Gasteiger partial charge in [0.05, 0.1) is 30.0 Å². The van der Waals surface area contributed by atoms with Gasteiger partial charge in [-0.05, 0) is 37.2 Å². The van der Waals surface area contributed by atoms with Gasteiger partial charge in [-0.25, -0.2) is 0 Å². The third-order valence-electron chi connectivity index (χ3n) is 5.40. The number of fused-ring (bicyclic) bond motifs is 1. The molecule has 1 aliphatic carbocycles. The normalized spacial score (nSPS) is 24.0. The molecule has 1 aromatic carbocycles. The van der Waals surface area contributed by atoms with Crippen LogP contribution in [-0.2, 0) is 0 Å². The fraction of sp³-hybridized carbons (Fsp3) is 0.381. The molecule has 1 heterocycles. The summed E-state index contributed by atoms with van der Waals surface area (Å²) in [4.78, 5) is 2.12. The molecule has 1 aromatic rings. The van der Waals surface area contributed by atoms with Gasteiger partial charge in [-0.15, -0.1) is 0 Å². The molecule has 27 heavy (non-hydrogen) atoms. The van der Waals surface area contributed by atoms with Gasteiger partial charge in [-0.3, -0.25) is 0 Å². The Morgan fingerprint density at radius 3 is 2.44 bits per heavy atom. The highest BCUT2D eigenvalue weighted by atomic mass is 16.5. The Labute approximate surface area is 159 Å². The Morgan fingerprint density at radius 1 is 1.22 bits per heavy atom. The van der Waals surface area contributed by atoms with E-state index >= 15 is 0 Å². The van der Waals surface area contributed by atoms with Crippen LogP contribution in [0.1, 0.15) is 18.4 Å². The Morgan fingerprint density at radius 2 is 1.89 bits per heavy atom. The predicted molar refractivity (Wildman–Crippen MR) is 99.9 cm³/mol. The molecule has 0 aromatic heterocycles. The maximum absolute atomic E-state index is 10.00. The molecule has 0 bridgehead atoms. The largest absolute Gasteiger partial charge is 0.494 e. The summed E-state index contributed by atoms with van der Waals surface area (Å²) in [5, 5.41) is 29.7. The van der Waals surface area contributed by atoms with Gasteiger partial charge in [0.25, 0.3) is 0 Å². The standard InChI is InChI=1S/C21H21N5O/c1-3-27-15-6-4-14(5-7-15)19-18-11-26(2)9-8-16(18)17(10-22)20(25)21(19,12-23)13-24/h4-8,18-19H,3,9,11,25H2,1-2H3/t18-,19-/m0/s1. The van der Waals surface area contributed by atoms with Gasteiger partial charge in [0.1, 0.15) is 11.8 Å². The van der Waals surface area contributed by atoms with Crippen LogP contribution in [0.2, 0.25) is 0 Å². The Bertz CT molecular complexity index is 909. The summed E-state index contributed by atoms with van der Waals surface area (Å²) in [5.74, 6) is 0.103. The number of nitriles is 3. The van der Waals surface area contributed by atoms with E-state index in [2.05, 4.69) is 23.1 Å². The van der Waals surface area contributed by atoms with Gasteiger partial charge in [-0.2, -0.15) is 15.8 Å². The summed E-state index contributed by atoms with van der Waals surface area (Å²) < 4.78 is 5.51. The molecule has 0 spiro atoms. The van der Waals surface area contributed by atoms with E-state index in [9.17, 15) is 15.8 Å². The first-order chi connectivity index (χ1) is 13.0. The number of nitrogens with zero attached hydrogens (tertiary/aromatic N) is 4. The zero-order chi connectivity index (χ0) is 19.6. The average molecular weight is 359 g/mol. The van der Waals surface area contributed by atoms with Crippen molar-refractivity contribution in [2.75, 3.05) is 26.7 Å². The van der Waals surface area contributed by atoms with Crippen LogP contribution in [0, 0.1) is 45.3 Å². The molecule has 1 aliphatic heterocycles. The molecule has 2 aliphatic rings. The summed E-state index contributed by atoms with van der Waals surface area (Å²) in [6.07, 6.45) is 1.99. The van der Waals surface area contributed by atoms with Crippen molar-refractivity contribution in [1.29, 1.82) is 15.8 Å². The summed E-state index contributed by atoms with van der Waals surface area (Å²) in [7, 11) is 1.98. The molecule has 2 N–H and O–H groups in total. The molecular formula is C21H21N5O. The minimum Gasteiger partial charge on any atom is -0.494 e. The van der Waals surface area contributed by atoms with Crippen LogP contribution in [0.15, 0.2) is 47.2 Å². The molecule has 0 unspecified atom stereocenters. The van der Waals surface area contributed by atoms with E-state index in [1.165, 1.54) is 0 Å². The number of benzene rings is 1. The van der Waals surface area contributed by atoms with Crippen molar-refractivity contribution < 1.29 is 4.74 Å². The SMILES string of the molecule is CCOc1ccc([C@H]2[C@H]3CN(C)CC=C3C(C#N)=C(N)C2(C#N)C#N)cc1. The quantitative estimate of drug-likeness (QED) is 0.887. The molecule has 0 fully saturated rings. The molecule has 2 atom stereocenters. The average Bonchev–Trinajstić information content (AvgIpc) is 2.68. The molecule has 6 nitrogen and oxygen atoms in total. The van der Waals surface area contributed by atoms with Crippen LogP contribution in [0.4, 0.5) is 0 Å². The van der Waals surface area contributed by atoms with Gasteiger partial charge in [-0.1, -0.05) is 18.2 Å². The Kier molecular flexibility index (Phi) is 4.91. The van der Waals surface area contributed by atoms with Gasteiger partial charge < -0.3 is 15.4 Å². The van der Waals surface area contributed by atoms with E-state index in [0.717, 1.165) is 16.9 Å². The van der Waals surface area contributed by atoms with Crippen molar-refractivity contribution in [2.45, 2.75) is 12.8 Å². The summed E-state index contributed by atoms with van der Waals surface area (Å²) in [5.41, 5.74) is 6.70. The van der Waals surface area contributed by atoms with Crippen molar-refractivity contribution in [1.82, 2.24) is 4.90 Å². The molecule has 0 saturated heterocycles. The second-order valence-corrected chi connectivity index (χ2v) is 6.90. The minimum absolute atomic E-state index is 0.0564.